The van der Waals surface area contributed by atoms with Gasteiger partial charge in [-0.15, -0.1) is 0 Å². The quantitative estimate of drug-likeness (QED) is 0.648. The van der Waals surface area contributed by atoms with E-state index in [1.165, 1.54) is 19.5 Å². The molecule has 2 nitrogen and oxygen atoms in total. The summed E-state index contributed by atoms with van der Waals surface area (Å²) in [6.07, 6.45) is 1.27. The average Bonchev–Trinajstić information content (AvgIpc) is 2.33. The molecule has 1 saturated heterocycles. The van der Waals surface area contributed by atoms with E-state index in [1.54, 1.807) is 0 Å². The Morgan fingerprint density at radius 3 is 2.45 bits per heavy atom. The fourth-order valence-electron chi connectivity index (χ4n) is 1.67. The maximum Gasteiger partial charge on any atom is 0.00506 e. The minimum atomic E-state index is 0.393. The first kappa shape index (κ1) is 9.01. The minimum absolute atomic E-state index is 0.393. The predicted octanol–water partition coefficient (Wildman–Crippen LogP) is 1.07. The van der Waals surface area contributed by atoms with Crippen molar-refractivity contribution in [3.05, 3.63) is 0 Å². The molecule has 1 atom stereocenters. The molecule has 2 N–H and O–H groups in total. The first-order valence-corrected chi connectivity index (χ1v) is 4.51. The van der Waals surface area contributed by atoms with Crippen LogP contribution in [0.15, 0.2) is 0 Å². The van der Waals surface area contributed by atoms with E-state index in [9.17, 15) is 0 Å². The van der Waals surface area contributed by atoms with E-state index >= 15 is 0 Å². The third-order valence-corrected chi connectivity index (χ3v) is 2.81. The highest BCUT2D eigenvalue weighted by Crippen LogP contribution is 2.29. The Bertz CT molecular complexity index is 134. The highest BCUT2D eigenvalue weighted by molar-refractivity contribution is 4.88. The van der Waals surface area contributed by atoms with Crippen LogP contribution in [0.3, 0.4) is 0 Å². The second-order valence-electron chi connectivity index (χ2n) is 4.33. The van der Waals surface area contributed by atoms with Crippen molar-refractivity contribution in [1.82, 2.24) is 4.90 Å². The van der Waals surface area contributed by atoms with E-state index in [-0.39, 0.29) is 0 Å². The van der Waals surface area contributed by atoms with Gasteiger partial charge in [0.2, 0.25) is 0 Å². The van der Waals surface area contributed by atoms with Crippen LogP contribution in [0.2, 0.25) is 0 Å². The maximum atomic E-state index is 5.70. The Morgan fingerprint density at radius 2 is 2.18 bits per heavy atom. The molecule has 0 bridgehead atoms. The molecular weight excluding hydrogens is 136 g/mol. The van der Waals surface area contributed by atoms with Crippen LogP contribution in [0, 0.1) is 5.41 Å². The smallest absolute Gasteiger partial charge is 0.00506 e. The van der Waals surface area contributed by atoms with Crippen molar-refractivity contribution in [2.45, 2.75) is 33.2 Å². The van der Waals surface area contributed by atoms with Crippen molar-refractivity contribution in [3.8, 4) is 0 Å². The second kappa shape index (κ2) is 3.11. The molecule has 1 unspecified atom stereocenters. The summed E-state index contributed by atoms with van der Waals surface area (Å²) in [6.45, 7) is 10.0. The van der Waals surface area contributed by atoms with Crippen LogP contribution in [0.25, 0.3) is 0 Å². The lowest BCUT2D eigenvalue weighted by Gasteiger charge is -2.24. The Kier molecular flexibility index (Phi) is 2.55. The summed E-state index contributed by atoms with van der Waals surface area (Å²) in [6, 6.07) is 0.684. The molecule has 1 fully saturated rings. The SMILES string of the molecule is CC(C)N1CCC(C)(CN)C1. The molecule has 1 heterocycles. The van der Waals surface area contributed by atoms with E-state index in [2.05, 4.69) is 25.7 Å². The molecule has 11 heavy (non-hydrogen) atoms. The van der Waals surface area contributed by atoms with Gasteiger partial charge in [0, 0.05) is 12.6 Å². The molecule has 0 spiro atoms. The topological polar surface area (TPSA) is 29.3 Å². The highest BCUT2D eigenvalue weighted by Gasteiger charge is 2.33. The van der Waals surface area contributed by atoms with Crippen LogP contribution in [-0.4, -0.2) is 30.6 Å². The summed E-state index contributed by atoms with van der Waals surface area (Å²) >= 11 is 0. The number of nitrogens with zero attached hydrogens (tertiary/aromatic N) is 1. The standard InChI is InChI=1S/C9H20N2/c1-8(2)11-5-4-9(3,6-10)7-11/h8H,4-7,10H2,1-3H3. The van der Waals surface area contributed by atoms with Gasteiger partial charge in [-0.25, -0.2) is 0 Å². The lowest BCUT2D eigenvalue weighted by atomic mass is 9.90. The van der Waals surface area contributed by atoms with Crippen molar-refractivity contribution < 1.29 is 0 Å². The fourth-order valence-corrected chi connectivity index (χ4v) is 1.67. The van der Waals surface area contributed by atoms with Gasteiger partial charge in [-0.1, -0.05) is 6.92 Å². The van der Waals surface area contributed by atoms with Gasteiger partial charge >= 0.3 is 0 Å². The van der Waals surface area contributed by atoms with E-state index in [4.69, 9.17) is 5.73 Å². The number of likely N-dealkylation sites (tertiary alicyclic amines) is 1. The number of rotatable bonds is 2. The zero-order valence-electron chi connectivity index (χ0n) is 7.93. The third kappa shape index (κ3) is 1.94. The van der Waals surface area contributed by atoms with Crippen molar-refractivity contribution in [2.24, 2.45) is 11.1 Å². The zero-order valence-corrected chi connectivity index (χ0v) is 7.93. The number of hydrogen-bond donors (Lipinski definition) is 1. The minimum Gasteiger partial charge on any atom is -0.330 e. The van der Waals surface area contributed by atoms with Gasteiger partial charge in [0.15, 0.2) is 0 Å². The van der Waals surface area contributed by atoms with E-state index in [0.717, 1.165) is 6.54 Å². The van der Waals surface area contributed by atoms with Gasteiger partial charge in [0.05, 0.1) is 0 Å². The lowest BCUT2D eigenvalue weighted by Crippen LogP contribution is -2.34. The second-order valence-corrected chi connectivity index (χ2v) is 4.33. The molecule has 0 amide bonds. The first-order valence-electron chi connectivity index (χ1n) is 4.51. The van der Waals surface area contributed by atoms with Crippen molar-refractivity contribution in [2.75, 3.05) is 19.6 Å². The molecule has 0 aliphatic carbocycles. The third-order valence-electron chi connectivity index (χ3n) is 2.81. The van der Waals surface area contributed by atoms with Gasteiger partial charge < -0.3 is 10.6 Å². The molecule has 1 rings (SSSR count). The molecule has 1 aliphatic heterocycles. The molecule has 1 aliphatic rings. The Balaban J connectivity index is 2.46. The normalized spacial score (nSPS) is 33.5. The van der Waals surface area contributed by atoms with Gasteiger partial charge in [0.25, 0.3) is 0 Å². The molecule has 0 aromatic rings. The molecule has 0 saturated carbocycles. The van der Waals surface area contributed by atoms with Crippen LogP contribution >= 0.6 is 0 Å². The van der Waals surface area contributed by atoms with Crippen molar-refractivity contribution in [3.63, 3.8) is 0 Å². The first-order chi connectivity index (χ1) is 5.07. The zero-order chi connectivity index (χ0) is 8.48. The predicted molar refractivity (Wildman–Crippen MR) is 48.5 cm³/mol. The van der Waals surface area contributed by atoms with Gasteiger partial charge in [-0.3, -0.25) is 0 Å². The summed E-state index contributed by atoms with van der Waals surface area (Å²) in [7, 11) is 0. The van der Waals surface area contributed by atoms with Crippen molar-refractivity contribution >= 4 is 0 Å². The number of hydrogen-bond acceptors (Lipinski definition) is 2. The number of nitrogens with two attached hydrogens (primary N) is 1. The molecule has 66 valence electrons. The van der Waals surface area contributed by atoms with Crippen LogP contribution in [0.4, 0.5) is 0 Å². The average molecular weight is 156 g/mol. The summed E-state index contributed by atoms with van der Waals surface area (Å²) in [4.78, 5) is 2.51. The van der Waals surface area contributed by atoms with Gasteiger partial charge in [-0.05, 0) is 38.8 Å². The summed E-state index contributed by atoms with van der Waals surface area (Å²) in [5.41, 5.74) is 6.10. The molecular formula is C9H20N2. The fraction of sp³-hybridized carbons (Fsp3) is 1.00. The highest BCUT2D eigenvalue weighted by atomic mass is 15.2. The summed E-state index contributed by atoms with van der Waals surface area (Å²) in [5, 5.41) is 0. The Morgan fingerprint density at radius 1 is 1.55 bits per heavy atom. The largest absolute Gasteiger partial charge is 0.330 e. The van der Waals surface area contributed by atoms with Gasteiger partial charge in [-0.2, -0.15) is 0 Å². The Hall–Kier alpha value is -0.0800. The van der Waals surface area contributed by atoms with Gasteiger partial charge in [0.1, 0.15) is 0 Å². The van der Waals surface area contributed by atoms with E-state index < -0.39 is 0 Å². The maximum absolute atomic E-state index is 5.70. The molecule has 2 heteroatoms. The molecule has 0 aromatic heterocycles. The Labute approximate surface area is 69.8 Å². The lowest BCUT2D eigenvalue weighted by molar-refractivity contribution is 0.237. The van der Waals surface area contributed by atoms with Crippen LogP contribution < -0.4 is 5.73 Å². The van der Waals surface area contributed by atoms with Crippen LogP contribution in [0.1, 0.15) is 27.2 Å². The van der Waals surface area contributed by atoms with Crippen LogP contribution in [-0.2, 0) is 0 Å². The molecule has 0 radical (unpaired) electrons. The monoisotopic (exact) mass is 156 g/mol. The van der Waals surface area contributed by atoms with E-state index in [0.29, 0.717) is 11.5 Å². The molecule has 0 aromatic carbocycles. The summed E-state index contributed by atoms with van der Waals surface area (Å²) in [5.74, 6) is 0. The summed E-state index contributed by atoms with van der Waals surface area (Å²) < 4.78 is 0. The van der Waals surface area contributed by atoms with Crippen molar-refractivity contribution in [1.29, 1.82) is 0 Å². The van der Waals surface area contributed by atoms with E-state index in [1.807, 2.05) is 0 Å². The van der Waals surface area contributed by atoms with Crippen LogP contribution in [0.5, 0.6) is 0 Å².